The van der Waals surface area contributed by atoms with Crippen LogP contribution in [0, 0.1) is 5.92 Å². The molecule has 2 unspecified atom stereocenters. The molecule has 2 atom stereocenters. The molecule has 1 aromatic rings. The zero-order valence-corrected chi connectivity index (χ0v) is 16.1. The predicted octanol–water partition coefficient (Wildman–Crippen LogP) is 4.86. The van der Waals surface area contributed by atoms with Gasteiger partial charge in [-0.25, -0.2) is 0 Å². The Labute approximate surface area is 117 Å². The van der Waals surface area contributed by atoms with Gasteiger partial charge in [-0.05, 0) is 18.8 Å². The molecule has 0 spiro atoms. The van der Waals surface area contributed by atoms with E-state index in [4.69, 9.17) is 0 Å². The number of alkyl halides is 1. The third-order valence-electron chi connectivity index (χ3n) is 2.76. The Kier molecular flexibility index (Phi) is 6.38. The molecule has 1 fully saturated rings. The van der Waals surface area contributed by atoms with Crippen molar-refractivity contribution in [2.75, 3.05) is 0 Å². The minimum absolute atomic E-state index is 0.882. The molecule has 16 heavy (non-hydrogen) atoms. The quantitative estimate of drug-likeness (QED) is 0.493. The van der Waals surface area contributed by atoms with E-state index < -0.39 is 18.4 Å². The third kappa shape index (κ3) is 5.54. The Morgan fingerprint density at radius 1 is 1.44 bits per heavy atom. The van der Waals surface area contributed by atoms with Crippen LogP contribution in [0.5, 0.6) is 0 Å². The first-order valence-electron chi connectivity index (χ1n) is 6.13. The van der Waals surface area contributed by atoms with Crippen LogP contribution in [0.15, 0.2) is 17.5 Å². The summed E-state index contributed by atoms with van der Waals surface area (Å²) >= 11 is 3.84. The summed E-state index contributed by atoms with van der Waals surface area (Å²) in [5.74, 6) is 1.03. The van der Waals surface area contributed by atoms with Crippen molar-refractivity contribution in [1.29, 1.82) is 0 Å². The van der Waals surface area contributed by atoms with Crippen molar-refractivity contribution in [1.82, 2.24) is 0 Å². The fraction of sp³-hybridized carbons (Fsp3) is 0.692. The molecule has 92 valence electrons. The summed E-state index contributed by atoms with van der Waals surface area (Å²) in [5.41, 5.74) is 0. The molecule has 0 amide bonds. The standard InChI is InChI=1S/C6H11Br.C4H3S.3CH3.Sn/c1-2-3-5-4-6(5)7;1-2-4-5-3-1;;;;/h5-6H,2-4H2,1H3;1-3H;3*1H3;. The van der Waals surface area contributed by atoms with Crippen LogP contribution in [-0.2, 0) is 0 Å². The van der Waals surface area contributed by atoms with E-state index in [0.717, 1.165) is 10.7 Å². The average molecular weight is 410 g/mol. The summed E-state index contributed by atoms with van der Waals surface area (Å²) in [6, 6.07) is 4.43. The Balaban J connectivity index is 0.000000165. The predicted molar refractivity (Wildman–Crippen MR) is 83.0 cm³/mol. The second-order valence-corrected chi connectivity index (χ2v) is 23.1. The van der Waals surface area contributed by atoms with Gasteiger partial charge in [-0.2, -0.15) is 0 Å². The van der Waals surface area contributed by atoms with Crippen molar-refractivity contribution in [2.45, 2.75) is 45.8 Å². The van der Waals surface area contributed by atoms with Crippen molar-refractivity contribution in [2.24, 2.45) is 5.92 Å². The molecule has 1 saturated carbocycles. The van der Waals surface area contributed by atoms with Gasteiger partial charge in [-0.15, -0.1) is 0 Å². The Morgan fingerprint density at radius 2 is 2.06 bits per heavy atom. The zero-order chi connectivity index (χ0) is 12.2. The maximum absolute atomic E-state index is 3.55. The first-order chi connectivity index (χ1) is 7.45. The molecule has 0 nitrogen and oxygen atoms in total. The Bertz CT molecular complexity index is 289. The van der Waals surface area contributed by atoms with Gasteiger partial charge in [0.1, 0.15) is 0 Å². The van der Waals surface area contributed by atoms with Crippen LogP contribution in [0.25, 0.3) is 0 Å². The topological polar surface area (TPSA) is 0 Å². The molecule has 1 aliphatic rings. The van der Waals surface area contributed by atoms with E-state index in [1.807, 2.05) is 11.3 Å². The maximum atomic E-state index is 3.55. The summed E-state index contributed by atoms with van der Waals surface area (Å²) in [6.07, 6.45) is 4.20. The molecular formula is C13H23BrSSn. The van der Waals surface area contributed by atoms with E-state index in [1.54, 1.807) is 2.89 Å². The fourth-order valence-corrected chi connectivity index (χ4v) is 8.46. The van der Waals surface area contributed by atoms with Crippen LogP contribution < -0.4 is 2.89 Å². The SMILES string of the molecule is CCCC1CC1Br.[CH3][Sn]([CH3])([CH3])[c]1cccs1. The fourth-order valence-electron chi connectivity index (χ4n) is 1.59. The summed E-state index contributed by atoms with van der Waals surface area (Å²) in [6.45, 7) is 2.25. The van der Waals surface area contributed by atoms with E-state index in [1.165, 1.54) is 19.3 Å². The van der Waals surface area contributed by atoms with E-state index >= 15 is 0 Å². The molecule has 0 radical (unpaired) electrons. The molecule has 3 heteroatoms. The molecule has 0 saturated heterocycles. The Hall–Kier alpha value is 0.979. The molecule has 1 heterocycles. The average Bonchev–Trinajstić information content (AvgIpc) is 2.73. The second-order valence-electron chi connectivity index (χ2n) is 5.53. The molecule has 1 aromatic heterocycles. The molecule has 0 aromatic carbocycles. The Morgan fingerprint density at radius 3 is 2.25 bits per heavy atom. The van der Waals surface area contributed by atoms with Crippen molar-refractivity contribution in [3.05, 3.63) is 17.5 Å². The molecule has 0 bridgehead atoms. The van der Waals surface area contributed by atoms with Gasteiger partial charge < -0.3 is 0 Å². The first kappa shape index (κ1) is 15.0. The van der Waals surface area contributed by atoms with E-state index in [-0.39, 0.29) is 0 Å². The van der Waals surface area contributed by atoms with Crippen LogP contribution in [-0.4, -0.2) is 23.2 Å². The monoisotopic (exact) mass is 410 g/mol. The molecule has 0 N–H and O–H groups in total. The first-order valence-corrected chi connectivity index (χ1v) is 17.9. The van der Waals surface area contributed by atoms with Crippen LogP contribution >= 0.6 is 27.3 Å². The number of rotatable bonds is 3. The van der Waals surface area contributed by atoms with Crippen molar-refractivity contribution in [3.63, 3.8) is 0 Å². The summed E-state index contributed by atoms with van der Waals surface area (Å²) < 4.78 is 1.67. The van der Waals surface area contributed by atoms with Gasteiger partial charge in [-0.1, -0.05) is 29.3 Å². The van der Waals surface area contributed by atoms with Crippen LogP contribution in [0.2, 0.25) is 14.8 Å². The normalized spacial score (nSPS) is 23.6. The number of thiophene rings is 1. The zero-order valence-electron chi connectivity index (χ0n) is 10.8. The number of halogens is 1. The van der Waals surface area contributed by atoms with Gasteiger partial charge in [0.25, 0.3) is 0 Å². The van der Waals surface area contributed by atoms with Gasteiger partial charge in [-0.3, -0.25) is 0 Å². The van der Waals surface area contributed by atoms with Gasteiger partial charge >= 0.3 is 64.9 Å². The van der Waals surface area contributed by atoms with Gasteiger partial charge in [0, 0.05) is 4.83 Å². The second kappa shape index (κ2) is 6.79. The summed E-state index contributed by atoms with van der Waals surface area (Å²) in [5, 5.41) is 2.18. The molecular weight excluding hydrogens is 387 g/mol. The van der Waals surface area contributed by atoms with Crippen molar-refractivity contribution < 1.29 is 0 Å². The van der Waals surface area contributed by atoms with E-state index in [2.05, 4.69) is 55.2 Å². The van der Waals surface area contributed by atoms with Gasteiger partial charge in [0.2, 0.25) is 0 Å². The number of hydrogen-bond acceptors (Lipinski definition) is 1. The summed E-state index contributed by atoms with van der Waals surface area (Å²) in [4.78, 5) is 8.22. The van der Waals surface area contributed by atoms with Gasteiger partial charge in [0.15, 0.2) is 0 Å². The van der Waals surface area contributed by atoms with Gasteiger partial charge in [0.05, 0.1) is 0 Å². The molecule has 1 aliphatic carbocycles. The molecule has 0 aliphatic heterocycles. The van der Waals surface area contributed by atoms with Crippen molar-refractivity contribution in [3.8, 4) is 0 Å². The number of hydrogen-bond donors (Lipinski definition) is 0. The summed E-state index contributed by atoms with van der Waals surface area (Å²) in [7, 11) is 0. The third-order valence-corrected chi connectivity index (χ3v) is 14.4. The minimum atomic E-state index is -1.63. The van der Waals surface area contributed by atoms with Crippen LogP contribution in [0.1, 0.15) is 26.2 Å². The van der Waals surface area contributed by atoms with E-state index in [0.29, 0.717) is 0 Å². The molecule has 2 rings (SSSR count). The van der Waals surface area contributed by atoms with Crippen LogP contribution in [0.4, 0.5) is 0 Å². The van der Waals surface area contributed by atoms with Crippen molar-refractivity contribution >= 4 is 48.5 Å². The van der Waals surface area contributed by atoms with Crippen LogP contribution in [0.3, 0.4) is 0 Å². The van der Waals surface area contributed by atoms with E-state index in [9.17, 15) is 0 Å².